The van der Waals surface area contributed by atoms with Gasteiger partial charge in [0.25, 0.3) is 0 Å². The zero-order valence-electron chi connectivity index (χ0n) is 9.11. The van der Waals surface area contributed by atoms with Crippen LogP contribution >= 0.6 is 34.7 Å². The molecule has 0 aliphatic carbocycles. The summed E-state index contributed by atoms with van der Waals surface area (Å²) in [7, 11) is 0. The van der Waals surface area contributed by atoms with Crippen molar-refractivity contribution in [3.8, 4) is 6.07 Å². The van der Waals surface area contributed by atoms with Gasteiger partial charge in [-0.15, -0.1) is 23.1 Å². The minimum absolute atomic E-state index is 0.705. The van der Waals surface area contributed by atoms with E-state index in [1.165, 1.54) is 11.3 Å². The van der Waals surface area contributed by atoms with Gasteiger partial charge in [0.2, 0.25) is 0 Å². The first kappa shape index (κ1) is 12.4. The van der Waals surface area contributed by atoms with Crippen LogP contribution in [0, 0.1) is 18.3 Å². The largest absolute Gasteiger partial charge is 0.244 e. The summed E-state index contributed by atoms with van der Waals surface area (Å²) < 4.78 is 0. The number of hydrogen-bond acceptors (Lipinski definition) is 4. The molecule has 5 heteroatoms. The van der Waals surface area contributed by atoms with Crippen LogP contribution in [0.15, 0.2) is 29.2 Å². The third-order valence-electron chi connectivity index (χ3n) is 2.12. The number of aryl methyl sites for hydroxylation is 1. The Morgan fingerprint density at radius 1 is 1.41 bits per heavy atom. The fourth-order valence-electron chi connectivity index (χ4n) is 1.29. The summed E-state index contributed by atoms with van der Waals surface area (Å²) >= 11 is 8.97. The van der Waals surface area contributed by atoms with Crippen LogP contribution in [0.25, 0.3) is 0 Å². The van der Waals surface area contributed by atoms with Gasteiger partial charge in [0.1, 0.15) is 16.0 Å². The van der Waals surface area contributed by atoms with Crippen molar-refractivity contribution in [3.05, 3.63) is 44.9 Å². The molecule has 0 fully saturated rings. The van der Waals surface area contributed by atoms with Gasteiger partial charge in [0.15, 0.2) is 0 Å². The second kappa shape index (κ2) is 5.54. The highest BCUT2D eigenvalue weighted by atomic mass is 35.5. The van der Waals surface area contributed by atoms with Crippen molar-refractivity contribution in [2.75, 3.05) is 0 Å². The van der Waals surface area contributed by atoms with Crippen LogP contribution in [0.5, 0.6) is 0 Å². The quantitative estimate of drug-likeness (QED) is 0.788. The number of rotatable bonds is 3. The Morgan fingerprint density at radius 2 is 2.12 bits per heavy atom. The number of aromatic nitrogens is 1. The van der Waals surface area contributed by atoms with E-state index < -0.39 is 0 Å². The molecule has 2 rings (SSSR count). The lowest BCUT2D eigenvalue weighted by Gasteiger charge is -1.98. The number of hydrogen-bond donors (Lipinski definition) is 0. The molecular formula is C12H9ClN2S2. The van der Waals surface area contributed by atoms with Crippen LogP contribution in [-0.4, -0.2) is 4.98 Å². The van der Waals surface area contributed by atoms with E-state index in [-0.39, 0.29) is 0 Å². The van der Waals surface area contributed by atoms with Gasteiger partial charge < -0.3 is 0 Å². The molecular weight excluding hydrogens is 272 g/mol. The maximum atomic E-state index is 8.85. The molecule has 0 bridgehead atoms. The van der Waals surface area contributed by atoms with Gasteiger partial charge in [0, 0.05) is 9.92 Å². The Morgan fingerprint density at radius 3 is 2.71 bits per heavy atom. The Labute approximate surface area is 113 Å². The van der Waals surface area contributed by atoms with E-state index in [0.717, 1.165) is 26.4 Å². The minimum atomic E-state index is 0.705. The lowest BCUT2D eigenvalue weighted by atomic mass is 10.4. The van der Waals surface area contributed by atoms with Crippen molar-refractivity contribution >= 4 is 34.7 Å². The smallest absolute Gasteiger partial charge is 0.127 e. The van der Waals surface area contributed by atoms with Crippen LogP contribution in [0.2, 0.25) is 5.02 Å². The first-order valence-corrected chi connectivity index (χ1v) is 7.12. The summed E-state index contributed by atoms with van der Waals surface area (Å²) in [4.78, 5) is 6.22. The lowest BCUT2D eigenvalue weighted by Crippen LogP contribution is -1.79. The number of halogens is 1. The number of thiazole rings is 1. The summed E-state index contributed by atoms with van der Waals surface area (Å²) in [5, 5.41) is 10.6. The Hall–Kier alpha value is -1.02. The van der Waals surface area contributed by atoms with Gasteiger partial charge in [-0.25, -0.2) is 4.98 Å². The SMILES string of the molecule is Cc1nc(CSc2ccc(Cl)cc2)sc1C#N. The first-order chi connectivity index (χ1) is 8.19. The maximum Gasteiger partial charge on any atom is 0.127 e. The van der Waals surface area contributed by atoms with Crippen LogP contribution in [-0.2, 0) is 5.75 Å². The Bertz CT molecular complexity index is 555. The van der Waals surface area contributed by atoms with Crippen molar-refractivity contribution in [3.63, 3.8) is 0 Å². The summed E-state index contributed by atoms with van der Waals surface area (Å²) in [6.45, 7) is 1.87. The summed E-state index contributed by atoms with van der Waals surface area (Å²) in [5.41, 5.74) is 0.823. The van der Waals surface area contributed by atoms with Crippen molar-refractivity contribution in [2.45, 2.75) is 17.6 Å². The summed E-state index contributed by atoms with van der Waals surface area (Å²) in [6, 6.07) is 9.87. The predicted molar refractivity (Wildman–Crippen MR) is 72.6 cm³/mol. The normalized spacial score (nSPS) is 10.2. The second-order valence-electron chi connectivity index (χ2n) is 3.38. The Kier molecular flexibility index (Phi) is 4.06. The number of benzene rings is 1. The molecule has 0 atom stereocenters. The molecule has 1 aromatic heterocycles. The molecule has 2 aromatic rings. The van der Waals surface area contributed by atoms with E-state index in [2.05, 4.69) is 11.1 Å². The molecule has 0 amide bonds. The van der Waals surface area contributed by atoms with Gasteiger partial charge in [-0.2, -0.15) is 5.26 Å². The fourth-order valence-corrected chi connectivity index (χ4v) is 3.17. The van der Waals surface area contributed by atoms with Crippen molar-refractivity contribution < 1.29 is 0 Å². The van der Waals surface area contributed by atoms with E-state index in [1.54, 1.807) is 11.8 Å². The van der Waals surface area contributed by atoms with E-state index in [1.807, 2.05) is 31.2 Å². The molecule has 0 N–H and O–H groups in total. The molecule has 0 radical (unpaired) electrons. The molecule has 2 nitrogen and oxygen atoms in total. The van der Waals surface area contributed by atoms with Crippen molar-refractivity contribution in [1.29, 1.82) is 5.26 Å². The van der Waals surface area contributed by atoms with Crippen LogP contribution < -0.4 is 0 Å². The standard InChI is InChI=1S/C12H9ClN2S2/c1-8-11(6-14)17-12(15-8)7-16-10-4-2-9(13)3-5-10/h2-5H,7H2,1H3. The molecule has 0 spiro atoms. The highest BCUT2D eigenvalue weighted by Gasteiger charge is 2.07. The van der Waals surface area contributed by atoms with Crippen molar-refractivity contribution in [2.24, 2.45) is 0 Å². The zero-order chi connectivity index (χ0) is 12.3. The molecule has 0 unspecified atom stereocenters. The first-order valence-electron chi connectivity index (χ1n) is 4.94. The zero-order valence-corrected chi connectivity index (χ0v) is 11.5. The molecule has 86 valence electrons. The molecule has 0 aliphatic rings. The number of nitrogens with zero attached hydrogens (tertiary/aromatic N) is 2. The molecule has 17 heavy (non-hydrogen) atoms. The molecule has 0 saturated carbocycles. The highest BCUT2D eigenvalue weighted by Crippen LogP contribution is 2.27. The van der Waals surface area contributed by atoms with Crippen LogP contribution in [0.4, 0.5) is 0 Å². The molecule has 1 heterocycles. The Balaban J connectivity index is 2.02. The maximum absolute atomic E-state index is 8.85. The summed E-state index contributed by atoms with van der Waals surface area (Å²) in [5.74, 6) is 0.787. The third kappa shape index (κ3) is 3.22. The van der Waals surface area contributed by atoms with Crippen LogP contribution in [0.3, 0.4) is 0 Å². The van der Waals surface area contributed by atoms with E-state index in [9.17, 15) is 0 Å². The molecule has 0 aliphatic heterocycles. The molecule has 1 aromatic carbocycles. The van der Waals surface area contributed by atoms with Gasteiger partial charge in [-0.1, -0.05) is 11.6 Å². The minimum Gasteiger partial charge on any atom is -0.244 e. The number of nitriles is 1. The van der Waals surface area contributed by atoms with E-state index in [4.69, 9.17) is 16.9 Å². The van der Waals surface area contributed by atoms with E-state index >= 15 is 0 Å². The van der Waals surface area contributed by atoms with Gasteiger partial charge in [-0.05, 0) is 31.2 Å². The van der Waals surface area contributed by atoms with Crippen LogP contribution in [0.1, 0.15) is 15.6 Å². The number of thioether (sulfide) groups is 1. The second-order valence-corrected chi connectivity index (χ2v) is 5.95. The van der Waals surface area contributed by atoms with Crippen molar-refractivity contribution in [1.82, 2.24) is 4.98 Å². The summed E-state index contributed by atoms with van der Waals surface area (Å²) in [6.07, 6.45) is 0. The monoisotopic (exact) mass is 280 g/mol. The average molecular weight is 281 g/mol. The fraction of sp³-hybridized carbons (Fsp3) is 0.167. The lowest BCUT2D eigenvalue weighted by molar-refractivity contribution is 1.18. The molecule has 0 saturated heterocycles. The highest BCUT2D eigenvalue weighted by molar-refractivity contribution is 7.98. The third-order valence-corrected chi connectivity index (χ3v) is 4.64. The topological polar surface area (TPSA) is 36.7 Å². The average Bonchev–Trinajstić information content (AvgIpc) is 2.69. The van der Waals surface area contributed by atoms with Gasteiger partial charge in [-0.3, -0.25) is 0 Å². The predicted octanol–water partition coefficient (Wildman–Crippen LogP) is 4.27. The van der Waals surface area contributed by atoms with Gasteiger partial charge in [0.05, 0.1) is 11.4 Å². The van der Waals surface area contributed by atoms with Gasteiger partial charge >= 0.3 is 0 Å². The van der Waals surface area contributed by atoms with E-state index in [0.29, 0.717) is 4.88 Å².